The number of hydrogen-bond acceptors (Lipinski definition) is 2. The first kappa shape index (κ1) is 9.21. The van der Waals surface area contributed by atoms with Crippen LogP contribution >= 0.6 is 11.6 Å². The van der Waals surface area contributed by atoms with E-state index in [0.717, 1.165) is 18.1 Å². The van der Waals surface area contributed by atoms with Crippen LogP contribution in [0.4, 0.5) is 0 Å². The predicted octanol–water partition coefficient (Wildman–Crippen LogP) is 2.62. The highest BCUT2D eigenvalue weighted by molar-refractivity contribution is 6.29. The van der Waals surface area contributed by atoms with Gasteiger partial charge in [0.2, 0.25) is 0 Å². The van der Waals surface area contributed by atoms with Gasteiger partial charge in [0.1, 0.15) is 10.8 Å². The first-order chi connectivity index (χ1) is 6.81. The van der Waals surface area contributed by atoms with Crippen LogP contribution in [0.2, 0.25) is 5.15 Å². The Kier molecular flexibility index (Phi) is 2.50. The zero-order valence-electron chi connectivity index (χ0n) is 7.81. The Morgan fingerprint density at radius 2 is 2.29 bits per heavy atom. The zero-order valence-corrected chi connectivity index (χ0v) is 8.57. The Bertz CT molecular complexity index is 436. The van der Waals surface area contributed by atoms with Crippen molar-refractivity contribution in [2.75, 3.05) is 0 Å². The SMILES string of the molecule is CCn1ccnc1-c1cccc(Cl)n1. The summed E-state index contributed by atoms with van der Waals surface area (Å²) in [7, 11) is 0. The lowest BCUT2D eigenvalue weighted by atomic mass is 10.3. The van der Waals surface area contributed by atoms with Gasteiger partial charge in [-0.25, -0.2) is 9.97 Å². The fourth-order valence-electron chi connectivity index (χ4n) is 1.33. The molecule has 0 aliphatic carbocycles. The second-order valence-corrected chi connectivity index (χ2v) is 3.27. The van der Waals surface area contributed by atoms with Crippen molar-refractivity contribution in [2.24, 2.45) is 0 Å². The van der Waals surface area contributed by atoms with Gasteiger partial charge < -0.3 is 4.57 Å². The van der Waals surface area contributed by atoms with E-state index in [-0.39, 0.29) is 0 Å². The third kappa shape index (κ3) is 1.63. The van der Waals surface area contributed by atoms with E-state index in [4.69, 9.17) is 11.6 Å². The molecule has 72 valence electrons. The summed E-state index contributed by atoms with van der Waals surface area (Å²) in [6.07, 6.45) is 3.69. The number of nitrogens with zero attached hydrogens (tertiary/aromatic N) is 3. The van der Waals surface area contributed by atoms with Crippen LogP contribution < -0.4 is 0 Å². The Morgan fingerprint density at radius 3 is 3.00 bits per heavy atom. The maximum atomic E-state index is 5.81. The Hall–Kier alpha value is -1.35. The molecule has 0 saturated heterocycles. The highest BCUT2D eigenvalue weighted by atomic mass is 35.5. The molecule has 2 aromatic heterocycles. The quantitative estimate of drug-likeness (QED) is 0.709. The van der Waals surface area contributed by atoms with Gasteiger partial charge in [0.15, 0.2) is 5.82 Å². The van der Waals surface area contributed by atoms with Gasteiger partial charge in [0.25, 0.3) is 0 Å². The summed E-state index contributed by atoms with van der Waals surface area (Å²) >= 11 is 5.81. The van der Waals surface area contributed by atoms with Crippen LogP contribution in [0.15, 0.2) is 30.6 Å². The van der Waals surface area contributed by atoms with Gasteiger partial charge in [-0.1, -0.05) is 17.7 Å². The smallest absolute Gasteiger partial charge is 0.158 e. The molecule has 0 unspecified atom stereocenters. The Labute approximate surface area is 87.4 Å². The molecule has 2 aromatic rings. The fraction of sp³-hybridized carbons (Fsp3) is 0.200. The minimum atomic E-state index is 0.494. The van der Waals surface area contributed by atoms with Crippen LogP contribution in [-0.2, 0) is 6.54 Å². The van der Waals surface area contributed by atoms with Crippen molar-refractivity contribution in [1.82, 2.24) is 14.5 Å². The number of hydrogen-bond donors (Lipinski definition) is 0. The summed E-state index contributed by atoms with van der Waals surface area (Å²) in [4.78, 5) is 8.45. The highest BCUT2D eigenvalue weighted by Crippen LogP contribution is 2.16. The van der Waals surface area contributed by atoms with Crippen molar-refractivity contribution in [3.63, 3.8) is 0 Å². The molecule has 0 amide bonds. The first-order valence-electron chi connectivity index (χ1n) is 4.45. The lowest BCUT2D eigenvalue weighted by Crippen LogP contribution is -1.97. The summed E-state index contributed by atoms with van der Waals surface area (Å²) in [5.41, 5.74) is 0.810. The number of imidazole rings is 1. The Morgan fingerprint density at radius 1 is 1.43 bits per heavy atom. The third-order valence-corrected chi connectivity index (χ3v) is 2.21. The van der Waals surface area contributed by atoms with E-state index in [1.165, 1.54) is 0 Å². The molecule has 4 heteroatoms. The van der Waals surface area contributed by atoms with Crippen LogP contribution in [0, 0.1) is 0 Å². The number of pyridine rings is 1. The highest BCUT2D eigenvalue weighted by Gasteiger charge is 2.05. The third-order valence-electron chi connectivity index (χ3n) is 2.00. The van der Waals surface area contributed by atoms with Crippen molar-refractivity contribution in [2.45, 2.75) is 13.5 Å². The van der Waals surface area contributed by atoms with E-state index in [9.17, 15) is 0 Å². The van der Waals surface area contributed by atoms with Gasteiger partial charge >= 0.3 is 0 Å². The van der Waals surface area contributed by atoms with E-state index in [1.54, 1.807) is 12.3 Å². The first-order valence-corrected chi connectivity index (χ1v) is 4.83. The maximum absolute atomic E-state index is 5.81. The second kappa shape index (κ2) is 3.80. The van der Waals surface area contributed by atoms with Crippen molar-refractivity contribution in [3.8, 4) is 11.5 Å². The maximum Gasteiger partial charge on any atom is 0.158 e. The summed E-state index contributed by atoms with van der Waals surface area (Å²) in [6, 6.07) is 5.53. The van der Waals surface area contributed by atoms with Crippen LogP contribution in [-0.4, -0.2) is 14.5 Å². The standard InChI is InChI=1S/C10H10ClN3/c1-2-14-7-6-12-10(14)8-4-3-5-9(11)13-8/h3-7H,2H2,1H3. The second-order valence-electron chi connectivity index (χ2n) is 2.88. The molecule has 0 fully saturated rings. The molecule has 0 spiro atoms. The monoisotopic (exact) mass is 207 g/mol. The van der Waals surface area contributed by atoms with Gasteiger partial charge in [-0.3, -0.25) is 0 Å². The molecule has 0 aliphatic rings. The molecule has 0 atom stereocenters. The largest absolute Gasteiger partial charge is 0.330 e. The zero-order chi connectivity index (χ0) is 9.97. The van der Waals surface area contributed by atoms with Gasteiger partial charge in [0.05, 0.1) is 0 Å². The molecule has 0 bridgehead atoms. The van der Waals surface area contributed by atoms with Crippen LogP contribution in [0.5, 0.6) is 0 Å². The van der Waals surface area contributed by atoms with Gasteiger partial charge in [-0.2, -0.15) is 0 Å². The predicted molar refractivity (Wildman–Crippen MR) is 56.1 cm³/mol. The molecule has 0 N–H and O–H groups in total. The van der Waals surface area contributed by atoms with E-state index in [1.807, 2.05) is 22.9 Å². The summed E-state index contributed by atoms with van der Waals surface area (Å²) < 4.78 is 2.03. The average Bonchev–Trinajstić information content (AvgIpc) is 2.65. The van der Waals surface area contributed by atoms with Crippen LogP contribution in [0.3, 0.4) is 0 Å². The fourth-order valence-corrected chi connectivity index (χ4v) is 1.49. The molecule has 3 nitrogen and oxygen atoms in total. The van der Waals surface area contributed by atoms with Crippen LogP contribution in [0.1, 0.15) is 6.92 Å². The normalized spacial score (nSPS) is 10.4. The van der Waals surface area contributed by atoms with Crippen molar-refractivity contribution in [1.29, 1.82) is 0 Å². The van der Waals surface area contributed by atoms with E-state index >= 15 is 0 Å². The van der Waals surface area contributed by atoms with Gasteiger partial charge in [-0.15, -0.1) is 0 Å². The van der Waals surface area contributed by atoms with Crippen molar-refractivity contribution in [3.05, 3.63) is 35.7 Å². The molecule has 0 radical (unpaired) electrons. The summed E-state index contributed by atoms with van der Waals surface area (Å²) in [5.74, 6) is 0.856. The van der Waals surface area contributed by atoms with Gasteiger partial charge in [-0.05, 0) is 19.1 Å². The molecule has 0 saturated carbocycles. The molecular weight excluding hydrogens is 198 g/mol. The molecule has 0 aromatic carbocycles. The van der Waals surface area contributed by atoms with E-state index in [0.29, 0.717) is 5.15 Å². The Balaban J connectivity index is 2.49. The van der Waals surface area contributed by atoms with Crippen molar-refractivity contribution < 1.29 is 0 Å². The van der Waals surface area contributed by atoms with Crippen molar-refractivity contribution >= 4 is 11.6 Å². The number of rotatable bonds is 2. The summed E-state index contributed by atoms with van der Waals surface area (Å²) in [5, 5.41) is 0.494. The number of aryl methyl sites for hydroxylation is 1. The molecule has 0 aliphatic heterocycles. The molecular formula is C10H10ClN3. The minimum Gasteiger partial charge on any atom is -0.330 e. The summed E-state index contributed by atoms with van der Waals surface area (Å²) in [6.45, 7) is 2.94. The molecule has 2 heterocycles. The van der Waals surface area contributed by atoms with Gasteiger partial charge in [0, 0.05) is 18.9 Å². The lowest BCUT2D eigenvalue weighted by molar-refractivity contribution is 0.768. The number of aromatic nitrogens is 3. The lowest BCUT2D eigenvalue weighted by Gasteiger charge is -2.03. The number of halogens is 1. The topological polar surface area (TPSA) is 30.7 Å². The molecule has 2 rings (SSSR count). The van der Waals surface area contributed by atoms with E-state index < -0.39 is 0 Å². The minimum absolute atomic E-state index is 0.494. The average molecular weight is 208 g/mol. The van der Waals surface area contributed by atoms with E-state index in [2.05, 4.69) is 16.9 Å². The van der Waals surface area contributed by atoms with Crippen LogP contribution in [0.25, 0.3) is 11.5 Å². The molecule has 14 heavy (non-hydrogen) atoms.